The van der Waals surface area contributed by atoms with Gasteiger partial charge >= 0.3 is 0 Å². The van der Waals surface area contributed by atoms with Gasteiger partial charge in [0.25, 0.3) is 0 Å². The number of hydroxylamine groups is 2. The number of hydrogen-bond acceptors (Lipinski definition) is 5. The van der Waals surface area contributed by atoms with Gasteiger partial charge in [0, 0.05) is 13.1 Å². The quantitative estimate of drug-likeness (QED) is 0.824. The van der Waals surface area contributed by atoms with E-state index in [1.54, 1.807) is 0 Å². The van der Waals surface area contributed by atoms with Gasteiger partial charge in [-0.25, -0.2) is 0 Å². The predicted octanol–water partition coefficient (Wildman–Crippen LogP) is 3.51. The van der Waals surface area contributed by atoms with E-state index in [-0.39, 0.29) is 17.9 Å². The lowest BCUT2D eigenvalue weighted by atomic mass is 9.97. The molecule has 5 nitrogen and oxygen atoms in total. The van der Waals surface area contributed by atoms with E-state index in [0.29, 0.717) is 6.61 Å². The molecule has 1 saturated heterocycles. The van der Waals surface area contributed by atoms with Gasteiger partial charge in [-0.2, -0.15) is 5.06 Å². The normalized spacial score (nSPS) is 22.3. The fraction of sp³-hybridized carbons (Fsp3) is 0.579. The highest BCUT2D eigenvalue weighted by molar-refractivity contribution is 5.85. The Morgan fingerprint density at radius 1 is 1.12 bits per heavy atom. The van der Waals surface area contributed by atoms with E-state index < -0.39 is 5.54 Å². The number of morpholine rings is 1. The van der Waals surface area contributed by atoms with Crippen molar-refractivity contribution in [1.29, 1.82) is 0 Å². The van der Waals surface area contributed by atoms with Crippen LogP contribution in [0.5, 0.6) is 5.75 Å². The maximum absolute atomic E-state index is 10.4. The second kappa shape index (κ2) is 7.54. The van der Waals surface area contributed by atoms with Crippen LogP contribution in [0.25, 0.3) is 0 Å². The van der Waals surface area contributed by atoms with Crippen LogP contribution < -0.4 is 9.64 Å². The second-order valence-electron chi connectivity index (χ2n) is 7.55. The van der Waals surface area contributed by atoms with Crippen LogP contribution in [0.15, 0.2) is 35.9 Å². The minimum Gasteiger partial charge on any atom is -0.487 e. The van der Waals surface area contributed by atoms with Crippen LogP contribution in [-0.2, 0) is 4.74 Å². The average Bonchev–Trinajstić information content (AvgIpc) is 2.73. The Morgan fingerprint density at radius 3 is 2.36 bits per heavy atom. The van der Waals surface area contributed by atoms with Gasteiger partial charge in [0.1, 0.15) is 12.4 Å². The van der Waals surface area contributed by atoms with Crippen LogP contribution in [-0.4, -0.2) is 54.3 Å². The Hall–Kier alpha value is -1.27. The summed E-state index contributed by atoms with van der Waals surface area (Å²) in [5.74, 6) is 0.880. The average molecular weight is 369 g/mol. The SMILES string of the molecule is CC1(C)C=C(COc2ccccc2N2CCOCC2)C(C)(C)N1O.Cl. The van der Waals surface area contributed by atoms with Gasteiger partial charge < -0.3 is 19.6 Å². The van der Waals surface area contributed by atoms with Gasteiger partial charge in [-0.3, -0.25) is 0 Å². The summed E-state index contributed by atoms with van der Waals surface area (Å²) in [4.78, 5) is 2.30. The number of anilines is 1. The summed E-state index contributed by atoms with van der Waals surface area (Å²) in [6, 6.07) is 8.14. The Morgan fingerprint density at radius 2 is 1.76 bits per heavy atom. The van der Waals surface area contributed by atoms with Crippen molar-refractivity contribution in [2.75, 3.05) is 37.8 Å². The lowest BCUT2D eigenvalue weighted by molar-refractivity contribution is -0.185. The van der Waals surface area contributed by atoms with Crippen molar-refractivity contribution in [3.8, 4) is 5.75 Å². The molecule has 0 saturated carbocycles. The second-order valence-corrected chi connectivity index (χ2v) is 7.55. The molecule has 0 aromatic heterocycles. The van der Waals surface area contributed by atoms with E-state index in [9.17, 15) is 5.21 Å². The van der Waals surface area contributed by atoms with Crippen molar-refractivity contribution in [3.05, 3.63) is 35.9 Å². The molecule has 0 spiro atoms. The molecular formula is C19H29ClN2O3. The number of benzene rings is 1. The summed E-state index contributed by atoms with van der Waals surface area (Å²) in [7, 11) is 0. The van der Waals surface area contributed by atoms with Crippen LogP contribution in [0.1, 0.15) is 27.7 Å². The van der Waals surface area contributed by atoms with Gasteiger partial charge in [-0.05, 0) is 45.4 Å². The molecule has 0 bridgehead atoms. The number of hydrogen-bond donors (Lipinski definition) is 1. The molecule has 2 aliphatic rings. The zero-order chi connectivity index (χ0) is 17.4. The molecule has 2 aliphatic heterocycles. The summed E-state index contributed by atoms with van der Waals surface area (Å²) >= 11 is 0. The van der Waals surface area contributed by atoms with Crippen LogP contribution in [0.2, 0.25) is 0 Å². The Balaban J connectivity index is 0.00000225. The molecule has 1 aromatic rings. The van der Waals surface area contributed by atoms with Crippen molar-refractivity contribution in [2.24, 2.45) is 0 Å². The fourth-order valence-electron chi connectivity index (χ4n) is 3.54. The summed E-state index contributed by atoms with van der Waals surface area (Å²) < 4.78 is 11.6. The zero-order valence-electron chi connectivity index (χ0n) is 15.5. The van der Waals surface area contributed by atoms with Crippen molar-refractivity contribution >= 4 is 18.1 Å². The van der Waals surface area contributed by atoms with Crippen molar-refractivity contribution < 1.29 is 14.7 Å². The first-order valence-electron chi connectivity index (χ1n) is 8.58. The first-order valence-corrected chi connectivity index (χ1v) is 8.58. The van der Waals surface area contributed by atoms with E-state index in [1.807, 2.05) is 45.9 Å². The minimum absolute atomic E-state index is 0. The molecule has 25 heavy (non-hydrogen) atoms. The lowest BCUT2D eigenvalue weighted by Crippen LogP contribution is -2.48. The maximum atomic E-state index is 10.4. The summed E-state index contributed by atoms with van der Waals surface area (Å²) in [5.41, 5.74) is 1.38. The molecule has 0 unspecified atom stereocenters. The predicted molar refractivity (Wildman–Crippen MR) is 102 cm³/mol. The van der Waals surface area contributed by atoms with Crippen molar-refractivity contribution in [3.63, 3.8) is 0 Å². The van der Waals surface area contributed by atoms with Crippen LogP contribution in [0, 0.1) is 0 Å². The highest BCUT2D eigenvalue weighted by Gasteiger charge is 2.45. The molecule has 6 heteroatoms. The number of halogens is 1. The van der Waals surface area contributed by atoms with Gasteiger partial charge in [-0.15, -0.1) is 12.4 Å². The highest BCUT2D eigenvalue weighted by atomic mass is 35.5. The third-order valence-corrected chi connectivity index (χ3v) is 4.99. The molecule has 140 valence electrons. The first-order chi connectivity index (χ1) is 11.3. The maximum Gasteiger partial charge on any atom is 0.143 e. The Kier molecular flexibility index (Phi) is 6.05. The lowest BCUT2D eigenvalue weighted by Gasteiger charge is -2.36. The van der Waals surface area contributed by atoms with E-state index in [2.05, 4.69) is 17.0 Å². The molecular weight excluding hydrogens is 340 g/mol. The molecule has 0 atom stereocenters. The van der Waals surface area contributed by atoms with Crippen LogP contribution >= 0.6 is 12.4 Å². The number of ether oxygens (including phenoxy) is 2. The Labute approximate surface area is 156 Å². The molecule has 3 rings (SSSR count). The fourth-order valence-corrected chi connectivity index (χ4v) is 3.54. The molecule has 1 fully saturated rings. The molecule has 2 heterocycles. The smallest absolute Gasteiger partial charge is 0.143 e. The van der Waals surface area contributed by atoms with E-state index in [1.165, 1.54) is 5.06 Å². The van der Waals surface area contributed by atoms with Gasteiger partial charge in [-0.1, -0.05) is 18.2 Å². The first kappa shape index (κ1) is 20.0. The molecule has 0 aliphatic carbocycles. The number of nitrogens with zero attached hydrogens (tertiary/aromatic N) is 2. The molecule has 0 radical (unpaired) electrons. The summed E-state index contributed by atoms with van der Waals surface area (Å²) in [5, 5.41) is 11.8. The molecule has 1 N–H and O–H groups in total. The van der Waals surface area contributed by atoms with E-state index >= 15 is 0 Å². The summed E-state index contributed by atoms with van der Waals surface area (Å²) in [6.07, 6.45) is 2.10. The number of para-hydroxylation sites is 2. The summed E-state index contributed by atoms with van der Waals surface area (Å²) in [6.45, 7) is 11.8. The van der Waals surface area contributed by atoms with Crippen LogP contribution in [0.4, 0.5) is 5.69 Å². The number of rotatable bonds is 4. The molecule has 1 aromatic carbocycles. The van der Waals surface area contributed by atoms with Gasteiger partial charge in [0.15, 0.2) is 0 Å². The third-order valence-electron chi connectivity index (χ3n) is 4.99. The van der Waals surface area contributed by atoms with Gasteiger partial charge in [0.05, 0.1) is 30.0 Å². The van der Waals surface area contributed by atoms with E-state index in [0.717, 1.165) is 43.3 Å². The minimum atomic E-state index is -0.433. The monoisotopic (exact) mass is 368 g/mol. The largest absolute Gasteiger partial charge is 0.487 e. The third kappa shape index (κ3) is 3.95. The zero-order valence-corrected chi connectivity index (χ0v) is 16.3. The van der Waals surface area contributed by atoms with Crippen LogP contribution in [0.3, 0.4) is 0 Å². The molecule has 0 amide bonds. The van der Waals surface area contributed by atoms with Gasteiger partial charge in [0.2, 0.25) is 0 Å². The standard InChI is InChI=1S/C19H28N2O3.ClH/c1-18(2)13-15(19(3,4)21(18)22)14-24-17-8-6-5-7-16(17)20-9-11-23-12-10-20;/h5-8,13,22H,9-12,14H2,1-4H3;1H. The topological polar surface area (TPSA) is 45.2 Å². The van der Waals surface area contributed by atoms with Crippen molar-refractivity contribution in [2.45, 2.75) is 38.8 Å². The van der Waals surface area contributed by atoms with E-state index in [4.69, 9.17) is 9.47 Å². The van der Waals surface area contributed by atoms with Crippen molar-refractivity contribution in [1.82, 2.24) is 5.06 Å². The highest BCUT2D eigenvalue weighted by Crippen LogP contribution is 2.39. The Bertz CT molecular complexity index is 625.